The quantitative estimate of drug-likeness (QED) is 0.526. The second kappa shape index (κ2) is 10.6. The highest BCUT2D eigenvalue weighted by Crippen LogP contribution is 2.25. The summed E-state index contributed by atoms with van der Waals surface area (Å²) in [6.07, 6.45) is 13.1. The lowest BCUT2D eigenvalue weighted by Crippen LogP contribution is -2.26. The fourth-order valence-corrected chi connectivity index (χ4v) is 4.52. The summed E-state index contributed by atoms with van der Waals surface area (Å²) in [6, 6.07) is 3.52. The van der Waals surface area contributed by atoms with Crippen molar-refractivity contribution >= 4 is 17.4 Å². The molecule has 2 aromatic rings. The highest BCUT2D eigenvalue weighted by molar-refractivity contribution is 6.13. The van der Waals surface area contributed by atoms with Gasteiger partial charge in [0.25, 0.3) is 5.91 Å². The van der Waals surface area contributed by atoms with Gasteiger partial charge in [0.1, 0.15) is 0 Å². The van der Waals surface area contributed by atoms with E-state index in [2.05, 4.69) is 20.6 Å². The number of nitrogens with zero attached hydrogens (tertiary/aromatic N) is 1. The topological polar surface area (TPSA) is 96.1 Å². The van der Waals surface area contributed by atoms with E-state index in [4.69, 9.17) is 4.74 Å². The Balaban J connectivity index is 1.18. The molecule has 0 radical (unpaired) electrons. The summed E-state index contributed by atoms with van der Waals surface area (Å²) >= 11 is 0. The Labute approximate surface area is 183 Å². The molecule has 0 spiro atoms. The van der Waals surface area contributed by atoms with Crippen molar-refractivity contribution in [2.45, 2.75) is 57.8 Å². The zero-order chi connectivity index (χ0) is 21.5. The van der Waals surface area contributed by atoms with Crippen LogP contribution in [0.2, 0.25) is 0 Å². The number of aryl methyl sites for hydroxylation is 1. The molecule has 0 saturated heterocycles. The first-order valence-electron chi connectivity index (χ1n) is 11.5. The van der Waals surface area contributed by atoms with Crippen LogP contribution in [0.4, 0.5) is 5.69 Å². The van der Waals surface area contributed by atoms with Gasteiger partial charge in [-0.05, 0) is 57.2 Å². The van der Waals surface area contributed by atoms with Crippen molar-refractivity contribution in [3.05, 3.63) is 41.3 Å². The number of hydrogen-bond donors (Lipinski definition) is 3. The van der Waals surface area contributed by atoms with Gasteiger partial charge in [-0.2, -0.15) is 0 Å². The molecule has 0 bridgehead atoms. The van der Waals surface area contributed by atoms with Crippen molar-refractivity contribution in [1.29, 1.82) is 0 Å². The maximum absolute atomic E-state index is 12.6. The fourth-order valence-electron chi connectivity index (χ4n) is 4.52. The molecule has 31 heavy (non-hydrogen) atoms. The van der Waals surface area contributed by atoms with Crippen LogP contribution in [0.25, 0.3) is 0 Å². The third-order valence-electron chi connectivity index (χ3n) is 6.22. The molecule has 2 aliphatic carbocycles. The second-order valence-corrected chi connectivity index (χ2v) is 8.58. The van der Waals surface area contributed by atoms with Crippen LogP contribution < -0.4 is 15.4 Å². The summed E-state index contributed by atoms with van der Waals surface area (Å²) in [5, 5.41) is 6.35. The number of fused-ring (bicyclic) bond motifs is 1. The number of aromatic amines is 1. The Hall–Kier alpha value is -2.67. The molecule has 2 heterocycles. The van der Waals surface area contributed by atoms with Crippen molar-refractivity contribution in [2.24, 2.45) is 5.92 Å². The van der Waals surface area contributed by atoms with Crippen LogP contribution in [0, 0.1) is 5.92 Å². The van der Waals surface area contributed by atoms with Crippen LogP contribution in [0.5, 0.6) is 5.88 Å². The summed E-state index contributed by atoms with van der Waals surface area (Å²) in [6.45, 7) is 2.67. The van der Waals surface area contributed by atoms with Gasteiger partial charge in [-0.1, -0.05) is 19.3 Å². The minimum Gasteiger partial charge on any atom is -0.478 e. The SMILES string of the molecule is O=C(Nc1ccc(OCCCNCC2CCCCC2)nc1)c1c[nH]c2c1C(=O)CCC2. The first-order chi connectivity index (χ1) is 15.2. The number of H-pyrrole nitrogens is 1. The lowest BCUT2D eigenvalue weighted by molar-refractivity contribution is 0.0956. The molecule has 7 nitrogen and oxygen atoms in total. The van der Waals surface area contributed by atoms with Crippen LogP contribution in [0.3, 0.4) is 0 Å². The maximum atomic E-state index is 12.6. The number of carbonyl (C=O) groups excluding carboxylic acids is 2. The number of aromatic nitrogens is 2. The van der Waals surface area contributed by atoms with E-state index in [1.807, 2.05) is 0 Å². The zero-order valence-corrected chi connectivity index (χ0v) is 18.0. The number of carbonyl (C=O) groups is 2. The van der Waals surface area contributed by atoms with Gasteiger partial charge in [-0.25, -0.2) is 4.98 Å². The first kappa shape index (κ1) is 21.6. The molecule has 1 fully saturated rings. The molecule has 0 aliphatic heterocycles. The molecule has 1 amide bonds. The predicted octanol–water partition coefficient (Wildman–Crippen LogP) is 4.12. The molecule has 0 atom stereocenters. The number of anilines is 1. The third kappa shape index (κ3) is 5.73. The predicted molar refractivity (Wildman–Crippen MR) is 120 cm³/mol. The largest absolute Gasteiger partial charge is 0.478 e. The molecule has 0 aromatic carbocycles. The molecule has 2 aromatic heterocycles. The minimum atomic E-state index is -0.299. The van der Waals surface area contributed by atoms with Gasteiger partial charge in [0.15, 0.2) is 5.78 Å². The molecule has 7 heteroatoms. The molecule has 3 N–H and O–H groups in total. The monoisotopic (exact) mass is 424 g/mol. The molecular weight excluding hydrogens is 392 g/mol. The molecule has 2 aliphatic rings. The average Bonchev–Trinajstić information content (AvgIpc) is 3.24. The summed E-state index contributed by atoms with van der Waals surface area (Å²) in [5.41, 5.74) is 2.37. The van der Waals surface area contributed by atoms with Crippen LogP contribution >= 0.6 is 0 Å². The third-order valence-corrected chi connectivity index (χ3v) is 6.22. The summed E-state index contributed by atoms with van der Waals surface area (Å²) in [7, 11) is 0. The van der Waals surface area contributed by atoms with E-state index in [1.54, 1.807) is 24.5 Å². The Bertz CT molecular complexity index is 885. The highest BCUT2D eigenvalue weighted by atomic mass is 16.5. The smallest absolute Gasteiger partial charge is 0.257 e. The van der Waals surface area contributed by atoms with Crippen LogP contribution in [-0.4, -0.2) is 41.4 Å². The van der Waals surface area contributed by atoms with Crippen molar-refractivity contribution in [2.75, 3.05) is 25.0 Å². The van der Waals surface area contributed by atoms with E-state index >= 15 is 0 Å². The zero-order valence-electron chi connectivity index (χ0n) is 18.0. The van der Waals surface area contributed by atoms with E-state index in [9.17, 15) is 9.59 Å². The van der Waals surface area contributed by atoms with Gasteiger partial charge in [0.05, 0.1) is 29.6 Å². The lowest BCUT2D eigenvalue weighted by atomic mass is 9.89. The summed E-state index contributed by atoms with van der Waals surface area (Å²) in [4.78, 5) is 32.1. The summed E-state index contributed by atoms with van der Waals surface area (Å²) < 4.78 is 5.71. The first-order valence-corrected chi connectivity index (χ1v) is 11.5. The van der Waals surface area contributed by atoms with Crippen LogP contribution in [-0.2, 0) is 6.42 Å². The van der Waals surface area contributed by atoms with E-state index < -0.39 is 0 Å². The molecule has 0 unspecified atom stereocenters. The molecule has 166 valence electrons. The average molecular weight is 425 g/mol. The number of hydrogen-bond acceptors (Lipinski definition) is 5. The van der Waals surface area contributed by atoms with Crippen molar-refractivity contribution < 1.29 is 14.3 Å². The Morgan fingerprint density at radius 3 is 2.84 bits per heavy atom. The van der Waals surface area contributed by atoms with E-state index in [1.165, 1.54) is 32.1 Å². The summed E-state index contributed by atoms with van der Waals surface area (Å²) in [5.74, 6) is 1.11. The fraction of sp³-hybridized carbons (Fsp3) is 0.542. The number of amides is 1. The number of rotatable bonds is 9. The van der Waals surface area contributed by atoms with E-state index in [0.717, 1.165) is 44.0 Å². The van der Waals surface area contributed by atoms with Gasteiger partial charge in [-0.3, -0.25) is 9.59 Å². The number of Topliss-reactive ketones (excluding diaryl/α,β-unsaturated/α-hetero) is 1. The normalized spacial score (nSPS) is 16.7. The van der Waals surface area contributed by atoms with Gasteiger partial charge in [0, 0.05) is 24.4 Å². The Morgan fingerprint density at radius 1 is 1.16 bits per heavy atom. The Kier molecular flexibility index (Phi) is 7.35. The lowest BCUT2D eigenvalue weighted by Gasteiger charge is -2.21. The second-order valence-electron chi connectivity index (χ2n) is 8.58. The minimum absolute atomic E-state index is 0.0303. The number of ketones is 1. The number of pyridine rings is 1. The van der Waals surface area contributed by atoms with Crippen molar-refractivity contribution in [3.8, 4) is 5.88 Å². The van der Waals surface area contributed by atoms with Crippen LogP contribution in [0.15, 0.2) is 24.5 Å². The van der Waals surface area contributed by atoms with Crippen molar-refractivity contribution in [3.63, 3.8) is 0 Å². The van der Waals surface area contributed by atoms with Crippen LogP contribution in [0.1, 0.15) is 77.8 Å². The number of ether oxygens (including phenoxy) is 1. The van der Waals surface area contributed by atoms with Gasteiger partial charge < -0.3 is 20.4 Å². The standard InChI is InChI=1S/C24H32N4O3/c29-21-9-4-8-20-23(21)19(16-26-20)24(30)28-18-10-11-22(27-15-18)31-13-5-12-25-14-17-6-2-1-3-7-17/h10-11,15-17,25-26H,1-9,12-14H2,(H,28,30). The highest BCUT2D eigenvalue weighted by Gasteiger charge is 2.25. The van der Waals surface area contributed by atoms with Crippen molar-refractivity contribution in [1.82, 2.24) is 15.3 Å². The molecular formula is C24H32N4O3. The number of nitrogens with one attached hydrogen (secondary N) is 3. The van der Waals surface area contributed by atoms with Gasteiger partial charge in [0.2, 0.25) is 5.88 Å². The van der Waals surface area contributed by atoms with E-state index in [-0.39, 0.29) is 11.7 Å². The van der Waals surface area contributed by atoms with Gasteiger partial charge in [-0.15, -0.1) is 0 Å². The molecule has 4 rings (SSSR count). The van der Waals surface area contributed by atoms with E-state index in [0.29, 0.717) is 35.7 Å². The Morgan fingerprint density at radius 2 is 2.03 bits per heavy atom. The van der Waals surface area contributed by atoms with Gasteiger partial charge >= 0.3 is 0 Å². The molecule has 1 saturated carbocycles. The maximum Gasteiger partial charge on any atom is 0.257 e.